The van der Waals surface area contributed by atoms with Crippen LogP contribution in [0.1, 0.15) is 34.1 Å². The summed E-state index contributed by atoms with van der Waals surface area (Å²) in [5, 5.41) is 9.69. The Bertz CT molecular complexity index is 594. The molecule has 1 aromatic carbocycles. The summed E-state index contributed by atoms with van der Waals surface area (Å²) in [6.07, 6.45) is 3.22. The van der Waals surface area contributed by atoms with Gasteiger partial charge >= 0.3 is 5.97 Å². The molecule has 0 aliphatic rings. The number of aromatic nitrogens is 1. The van der Waals surface area contributed by atoms with Gasteiger partial charge in [-0.3, -0.25) is 4.98 Å². The fourth-order valence-corrected chi connectivity index (χ4v) is 2.08. The maximum atomic E-state index is 11.2. The van der Waals surface area contributed by atoms with Crippen molar-refractivity contribution in [3.05, 3.63) is 63.9 Å². The van der Waals surface area contributed by atoms with E-state index in [9.17, 15) is 4.79 Å². The number of carbonyl (C=O) groups is 1. The predicted molar refractivity (Wildman–Crippen MR) is 74.8 cm³/mol. The summed E-state index contributed by atoms with van der Waals surface area (Å²) < 4.78 is 0. The van der Waals surface area contributed by atoms with Crippen LogP contribution < -0.4 is 0 Å². The van der Waals surface area contributed by atoms with Crippen molar-refractivity contribution in [1.29, 1.82) is 0 Å². The van der Waals surface area contributed by atoms with Gasteiger partial charge in [-0.25, -0.2) is 4.79 Å². The summed E-state index contributed by atoms with van der Waals surface area (Å²) in [5.74, 6) is -0.947. The van der Waals surface area contributed by atoms with Crippen molar-refractivity contribution in [1.82, 2.24) is 4.98 Å². The quantitative estimate of drug-likeness (QED) is 0.928. The fourth-order valence-electron chi connectivity index (χ4n) is 1.88. The van der Waals surface area contributed by atoms with Gasteiger partial charge < -0.3 is 5.11 Å². The van der Waals surface area contributed by atoms with Crippen LogP contribution in [-0.2, 0) is 12.8 Å². The summed E-state index contributed by atoms with van der Waals surface area (Å²) in [6.45, 7) is 2.07. The topological polar surface area (TPSA) is 50.2 Å². The van der Waals surface area contributed by atoms with Crippen molar-refractivity contribution in [2.45, 2.75) is 19.8 Å². The van der Waals surface area contributed by atoms with Gasteiger partial charge in [0.25, 0.3) is 0 Å². The zero-order chi connectivity index (χ0) is 13.8. The first-order valence-corrected chi connectivity index (χ1v) is 6.43. The molecule has 0 spiro atoms. The lowest BCUT2D eigenvalue weighted by Gasteiger charge is -2.07. The van der Waals surface area contributed by atoms with Crippen molar-refractivity contribution in [2.24, 2.45) is 0 Å². The zero-order valence-corrected chi connectivity index (χ0v) is 11.3. The standard InChI is InChI=1S/C15H14ClNO2/c1-2-10-3-5-13(17-9-10)8-11-7-12(16)4-6-14(11)15(18)19/h3-7,9H,2,8H2,1H3,(H,18,19). The molecule has 3 nitrogen and oxygen atoms in total. The van der Waals surface area contributed by atoms with E-state index < -0.39 is 5.97 Å². The number of halogens is 1. The first-order chi connectivity index (χ1) is 9.10. The predicted octanol–water partition coefficient (Wildman–Crippen LogP) is 3.59. The van der Waals surface area contributed by atoms with E-state index >= 15 is 0 Å². The monoisotopic (exact) mass is 275 g/mol. The van der Waals surface area contributed by atoms with Gasteiger partial charge in [0, 0.05) is 23.3 Å². The second-order valence-electron chi connectivity index (χ2n) is 4.29. The second kappa shape index (κ2) is 5.85. The van der Waals surface area contributed by atoms with Crippen LogP contribution in [0, 0.1) is 0 Å². The van der Waals surface area contributed by atoms with Crippen molar-refractivity contribution < 1.29 is 9.90 Å². The highest BCUT2D eigenvalue weighted by atomic mass is 35.5. The molecule has 1 N–H and O–H groups in total. The molecule has 19 heavy (non-hydrogen) atoms. The van der Waals surface area contributed by atoms with E-state index in [4.69, 9.17) is 16.7 Å². The van der Waals surface area contributed by atoms with Gasteiger partial charge in [-0.15, -0.1) is 0 Å². The van der Waals surface area contributed by atoms with Gasteiger partial charge in [0.1, 0.15) is 0 Å². The minimum atomic E-state index is -0.947. The third kappa shape index (κ3) is 3.32. The Labute approximate surface area is 116 Å². The lowest BCUT2D eigenvalue weighted by atomic mass is 10.0. The zero-order valence-electron chi connectivity index (χ0n) is 10.6. The summed E-state index contributed by atoms with van der Waals surface area (Å²) in [5.41, 5.74) is 2.94. The molecule has 0 fully saturated rings. The first-order valence-electron chi connectivity index (χ1n) is 6.05. The highest BCUT2D eigenvalue weighted by Crippen LogP contribution is 2.19. The molecule has 0 aliphatic heterocycles. The third-order valence-electron chi connectivity index (χ3n) is 2.96. The van der Waals surface area contributed by atoms with Crippen LogP contribution in [0.3, 0.4) is 0 Å². The lowest BCUT2D eigenvalue weighted by molar-refractivity contribution is 0.0696. The van der Waals surface area contributed by atoms with E-state index in [1.807, 2.05) is 18.3 Å². The Morgan fingerprint density at radius 1 is 1.32 bits per heavy atom. The largest absolute Gasteiger partial charge is 0.478 e. The van der Waals surface area contributed by atoms with E-state index in [-0.39, 0.29) is 5.56 Å². The summed E-state index contributed by atoms with van der Waals surface area (Å²) >= 11 is 5.92. The Morgan fingerprint density at radius 3 is 2.68 bits per heavy atom. The summed E-state index contributed by atoms with van der Waals surface area (Å²) in [6, 6.07) is 8.72. The molecule has 0 radical (unpaired) electrons. The van der Waals surface area contributed by atoms with E-state index in [1.54, 1.807) is 12.1 Å². The third-order valence-corrected chi connectivity index (χ3v) is 3.20. The first kappa shape index (κ1) is 13.6. The summed E-state index contributed by atoms with van der Waals surface area (Å²) in [7, 11) is 0. The molecule has 0 saturated heterocycles. The molecule has 4 heteroatoms. The summed E-state index contributed by atoms with van der Waals surface area (Å²) in [4.78, 5) is 15.5. The molecule has 0 aliphatic carbocycles. The normalized spacial score (nSPS) is 10.4. The molecular weight excluding hydrogens is 262 g/mol. The highest BCUT2D eigenvalue weighted by molar-refractivity contribution is 6.30. The number of aryl methyl sites for hydroxylation is 1. The number of pyridine rings is 1. The van der Waals surface area contributed by atoms with Gasteiger partial charge in [0.15, 0.2) is 0 Å². The number of rotatable bonds is 4. The minimum Gasteiger partial charge on any atom is -0.478 e. The van der Waals surface area contributed by atoms with Crippen LogP contribution in [0.2, 0.25) is 5.02 Å². The Kier molecular flexibility index (Phi) is 4.17. The molecule has 0 atom stereocenters. The number of carboxylic acids is 1. The SMILES string of the molecule is CCc1ccc(Cc2cc(Cl)ccc2C(=O)O)nc1. The number of hydrogen-bond donors (Lipinski definition) is 1. The van der Waals surface area contributed by atoms with Crippen molar-refractivity contribution in [2.75, 3.05) is 0 Å². The highest BCUT2D eigenvalue weighted by Gasteiger charge is 2.11. The van der Waals surface area contributed by atoms with Crippen molar-refractivity contribution in [3.8, 4) is 0 Å². The van der Waals surface area contributed by atoms with Gasteiger partial charge in [-0.1, -0.05) is 24.6 Å². The van der Waals surface area contributed by atoms with Crippen LogP contribution in [-0.4, -0.2) is 16.1 Å². The molecule has 2 rings (SSSR count). The van der Waals surface area contributed by atoms with E-state index in [0.717, 1.165) is 17.7 Å². The van der Waals surface area contributed by atoms with Gasteiger partial charge in [0.05, 0.1) is 5.56 Å². The second-order valence-corrected chi connectivity index (χ2v) is 4.73. The molecule has 0 unspecified atom stereocenters. The average Bonchev–Trinajstić information content (AvgIpc) is 2.39. The molecule has 0 amide bonds. The minimum absolute atomic E-state index is 0.269. The number of hydrogen-bond acceptors (Lipinski definition) is 2. The van der Waals surface area contributed by atoms with E-state index in [1.165, 1.54) is 6.07 Å². The Morgan fingerprint density at radius 2 is 2.11 bits per heavy atom. The van der Waals surface area contributed by atoms with Crippen molar-refractivity contribution >= 4 is 17.6 Å². The number of nitrogens with zero attached hydrogens (tertiary/aromatic N) is 1. The van der Waals surface area contributed by atoms with Crippen LogP contribution in [0.25, 0.3) is 0 Å². The molecule has 1 aromatic heterocycles. The van der Waals surface area contributed by atoms with Gasteiger partial charge in [-0.2, -0.15) is 0 Å². The lowest BCUT2D eigenvalue weighted by Crippen LogP contribution is -2.04. The maximum Gasteiger partial charge on any atom is 0.335 e. The molecular formula is C15H14ClNO2. The van der Waals surface area contributed by atoms with Crippen LogP contribution in [0.5, 0.6) is 0 Å². The molecule has 0 bridgehead atoms. The average molecular weight is 276 g/mol. The fraction of sp³-hybridized carbons (Fsp3) is 0.200. The Balaban J connectivity index is 2.31. The van der Waals surface area contributed by atoms with Crippen LogP contribution in [0.15, 0.2) is 36.5 Å². The molecule has 1 heterocycles. The van der Waals surface area contributed by atoms with Crippen LogP contribution in [0.4, 0.5) is 0 Å². The van der Waals surface area contributed by atoms with Crippen LogP contribution >= 0.6 is 11.6 Å². The molecule has 0 saturated carbocycles. The number of carboxylic acid groups (broad SMARTS) is 1. The maximum absolute atomic E-state index is 11.2. The van der Waals surface area contributed by atoms with E-state index in [0.29, 0.717) is 17.0 Å². The molecule has 98 valence electrons. The Hall–Kier alpha value is -1.87. The number of aromatic carboxylic acids is 1. The van der Waals surface area contributed by atoms with Crippen molar-refractivity contribution in [3.63, 3.8) is 0 Å². The van der Waals surface area contributed by atoms with Gasteiger partial charge in [0.2, 0.25) is 0 Å². The van der Waals surface area contributed by atoms with Gasteiger partial charge in [-0.05, 0) is 41.8 Å². The number of benzene rings is 1. The smallest absolute Gasteiger partial charge is 0.335 e. The van der Waals surface area contributed by atoms with E-state index in [2.05, 4.69) is 11.9 Å². The molecule has 2 aromatic rings.